The van der Waals surface area contributed by atoms with Crippen LogP contribution in [0.15, 0.2) is 40.6 Å². The Kier molecular flexibility index (Phi) is 6.41. The maximum atomic E-state index is 12.5. The Morgan fingerprint density at radius 2 is 2.04 bits per heavy atom. The van der Waals surface area contributed by atoms with E-state index in [1.54, 1.807) is 43.3 Å². The number of sulfonamides is 1. The number of benzene rings is 1. The number of amides is 1. The Morgan fingerprint density at radius 1 is 1.30 bits per heavy atom. The van der Waals surface area contributed by atoms with Crippen molar-refractivity contribution in [2.45, 2.75) is 36.6 Å². The van der Waals surface area contributed by atoms with Gasteiger partial charge in [0.2, 0.25) is 0 Å². The molecule has 27 heavy (non-hydrogen) atoms. The summed E-state index contributed by atoms with van der Waals surface area (Å²) in [6.07, 6.45) is 1.10. The normalized spacial score (nSPS) is 16.2. The topological polar surface area (TPSA) is 75.7 Å². The summed E-state index contributed by atoms with van der Waals surface area (Å²) in [5.41, 5.74) is 0. The number of nitrogens with one attached hydrogen (secondary N) is 1. The zero-order chi connectivity index (χ0) is 19.4. The fourth-order valence-electron chi connectivity index (χ4n) is 2.76. The van der Waals surface area contributed by atoms with Crippen LogP contribution in [0.5, 0.6) is 5.75 Å². The average Bonchev–Trinajstić information content (AvgIpc) is 3.32. The van der Waals surface area contributed by atoms with Crippen LogP contribution >= 0.6 is 22.9 Å². The molecule has 1 aliphatic rings. The third kappa shape index (κ3) is 5.01. The molecule has 0 aliphatic carbocycles. The minimum absolute atomic E-state index is 0.252. The molecule has 1 aromatic carbocycles. The van der Waals surface area contributed by atoms with Crippen molar-refractivity contribution in [1.82, 2.24) is 9.62 Å². The van der Waals surface area contributed by atoms with E-state index < -0.39 is 16.1 Å². The van der Waals surface area contributed by atoms with Gasteiger partial charge in [0.25, 0.3) is 15.9 Å². The number of ether oxygens (including phenoxy) is 1. The van der Waals surface area contributed by atoms with Crippen molar-refractivity contribution in [3.8, 4) is 5.75 Å². The molecule has 1 atom stereocenters. The third-order valence-electron chi connectivity index (χ3n) is 4.21. The van der Waals surface area contributed by atoms with Gasteiger partial charge in [0, 0.05) is 23.0 Å². The quantitative estimate of drug-likeness (QED) is 0.734. The average molecular weight is 429 g/mol. The number of carbonyl (C=O) groups is 1. The predicted molar refractivity (Wildman–Crippen MR) is 106 cm³/mol. The number of hydrogen-bond acceptors (Lipinski definition) is 5. The van der Waals surface area contributed by atoms with Gasteiger partial charge in [0.1, 0.15) is 9.96 Å². The number of hydrogen-bond donors (Lipinski definition) is 1. The van der Waals surface area contributed by atoms with Crippen molar-refractivity contribution in [2.24, 2.45) is 0 Å². The second-order valence-corrected chi connectivity index (χ2v) is 10.0. The van der Waals surface area contributed by atoms with Gasteiger partial charge >= 0.3 is 0 Å². The van der Waals surface area contributed by atoms with Gasteiger partial charge in [-0.2, -0.15) is 4.31 Å². The lowest BCUT2D eigenvalue weighted by Crippen LogP contribution is -2.35. The highest BCUT2D eigenvalue weighted by molar-refractivity contribution is 7.91. The van der Waals surface area contributed by atoms with Crippen molar-refractivity contribution >= 4 is 38.9 Å². The van der Waals surface area contributed by atoms with Gasteiger partial charge in [-0.15, -0.1) is 11.3 Å². The Bertz CT molecular complexity index is 908. The van der Waals surface area contributed by atoms with Gasteiger partial charge < -0.3 is 10.1 Å². The first-order valence-electron chi connectivity index (χ1n) is 8.65. The van der Waals surface area contributed by atoms with E-state index in [0.717, 1.165) is 17.7 Å². The van der Waals surface area contributed by atoms with E-state index in [4.69, 9.17) is 16.3 Å². The SMILES string of the molecule is C[C@H](Oc1cccc(Cl)c1)C(=O)NCc1ccc(S(=O)(=O)N2CCCC2)s1. The van der Waals surface area contributed by atoms with Crippen LogP contribution in [0.1, 0.15) is 24.6 Å². The molecule has 0 unspecified atom stereocenters. The molecule has 146 valence electrons. The number of halogens is 1. The van der Waals surface area contributed by atoms with Crippen molar-refractivity contribution in [1.29, 1.82) is 0 Å². The van der Waals surface area contributed by atoms with E-state index in [-0.39, 0.29) is 12.5 Å². The third-order valence-corrected chi connectivity index (χ3v) is 7.90. The van der Waals surface area contributed by atoms with E-state index in [0.29, 0.717) is 28.1 Å². The first-order valence-corrected chi connectivity index (χ1v) is 11.3. The van der Waals surface area contributed by atoms with E-state index in [2.05, 4.69) is 5.32 Å². The molecule has 1 fully saturated rings. The summed E-state index contributed by atoms with van der Waals surface area (Å²) >= 11 is 7.09. The van der Waals surface area contributed by atoms with Crippen molar-refractivity contribution in [2.75, 3.05) is 13.1 Å². The van der Waals surface area contributed by atoms with Crippen LogP contribution in [-0.4, -0.2) is 37.8 Å². The number of nitrogens with zero attached hydrogens (tertiary/aromatic N) is 1. The molecule has 0 saturated carbocycles. The monoisotopic (exact) mass is 428 g/mol. The highest BCUT2D eigenvalue weighted by Gasteiger charge is 2.28. The number of carbonyl (C=O) groups excluding carboxylic acids is 1. The number of rotatable bonds is 7. The van der Waals surface area contributed by atoms with Gasteiger partial charge in [0.05, 0.1) is 6.54 Å². The molecule has 1 amide bonds. The van der Waals surface area contributed by atoms with Crippen LogP contribution in [0.2, 0.25) is 5.02 Å². The molecule has 9 heteroatoms. The summed E-state index contributed by atoms with van der Waals surface area (Å²) in [4.78, 5) is 13.0. The van der Waals surface area contributed by atoms with Gasteiger partial charge in [-0.05, 0) is 50.1 Å². The first-order chi connectivity index (χ1) is 12.9. The Morgan fingerprint density at radius 3 is 2.74 bits per heavy atom. The fraction of sp³-hybridized carbons (Fsp3) is 0.389. The van der Waals surface area contributed by atoms with Crippen molar-refractivity contribution < 1.29 is 17.9 Å². The minimum atomic E-state index is -3.42. The summed E-state index contributed by atoms with van der Waals surface area (Å²) in [6.45, 7) is 3.05. The summed E-state index contributed by atoms with van der Waals surface area (Å²) in [5.74, 6) is 0.229. The molecular weight excluding hydrogens is 408 g/mol. The van der Waals surface area contributed by atoms with Crippen molar-refractivity contribution in [3.63, 3.8) is 0 Å². The zero-order valence-corrected chi connectivity index (χ0v) is 17.2. The lowest BCUT2D eigenvalue weighted by Gasteiger charge is -2.14. The van der Waals surface area contributed by atoms with Crippen LogP contribution in [0.3, 0.4) is 0 Å². The van der Waals surface area contributed by atoms with Crippen LogP contribution in [0.4, 0.5) is 0 Å². The van der Waals surface area contributed by atoms with Crippen LogP contribution in [0.25, 0.3) is 0 Å². The Balaban J connectivity index is 1.55. The predicted octanol–water partition coefficient (Wildman–Crippen LogP) is 3.27. The van der Waals surface area contributed by atoms with Gasteiger partial charge in [-0.3, -0.25) is 4.79 Å². The van der Waals surface area contributed by atoms with Gasteiger partial charge in [-0.1, -0.05) is 17.7 Å². The maximum absolute atomic E-state index is 12.5. The lowest BCUT2D eigenvalue weighted by molar-refractivity contribution is -0.127. The molecule has 1 aromatic heterocycles. The lowest BCUT2D eigenvalue weighted by atomic mass is 10.3. The smallest absolute Gasteiger partial charge is 0.261 e. The van der Waals surface area contributed by atoms with Crippen LogP contribution in [0, 0.1) is 0 Å². The van der Waals surface area contributed by atoms with Gasteiger partial charge in [-0.25, -0.2) is 8.42 Å². The standard InChI is InChI=1S/C18H21ClN2O4S2/c1-13(25-15-6-4-5-14(19)11-15)18(22)20-12-16-7-8-17(26-16)27(23,24)21-9-2-3-10-21/h4-8,11,13H,2-3,9-10,12H2,1H3,(H,20,22)/t13-/m0/s1. The molecule has 3 rings (SSSR count). The molecular formula is C18H21ClN2O4S2. The second-order valence-electron chi connectivity index (χ2n) is 6.27. The molecule has 1 N–H and O–H groups in total. The summed E-state index contributed by atoms with van der Waals surface area (Å²) in [7, 11) is -3.42. The van der Waals surface area contributed by atoms with E-state index in [1.807, 2.05) is 0 Å². The van der Waals surface area contributed by atoms with Crippen molar-refractivity contribution in [3.05, 3.63) is 46.3 Å². The van der Waals surface area contributed by atoms with Gasteiger partial charge in [0.15, 0.2) is 6.10 Å². The molecule has 1 aliphatic heterocycles. The van der Waals surface area contributed by atoms with E-state index >= 15 is 0 Å². The summed E-state index contributed by atoms with van der Waals surface area (Å²) < 4.78 is 32.5. The Labute approximate surface area is 168 Å². The summed E-state index contributed by atoms with van der Waals surface area (Å²) in [6, 6.07) is 10.2. The number of thiophene rings is 1. The van der Waals surface area contributed by atoms with E-state index in [1.165, 1.54) is 15.6 Å². The fourth-order valence-corrected chi connectivity index (χ4v) is 5.91. The molecule has 0 spiro atoms. The Hall–Kier alpha value is -1.61. The largest absolute Gasteiger partial charge is 0.481 e. The zero-order valence-electron chi connectivity index (χ0n) is 14.9. The highest BCUT2D eigenvalue weighted by Crippen LogP contribution is 2.27. The van der Waals surface area contributed by atoms with Crippen LogP contribution < -0.4 is 10.1 Å². The molecule has 2 heterocycles. The van der Waals surface area contributed by atoms with Crippen LogP contribution in [-0.2, 0) is 21.4 Å². The highest BCUT2D eigenvalue weighted by atomic mass is 35.5. The second kappa shape index (κ2) is 8.60. The summed E-state index contributed by atoms with van der Waals surface area (Å²) in [5, 5.41) is 3.31. The molecule has 6 nitrogen and oxygen atoms in total. The minimum Gasteiger partial charge on any atom is -0.481 e. The maximum Gasteiger partial charge on any atom is 0.261 e. The first kappa shape index (κ1) is 20.1. The molecule has 1 saturated heterocycles. The molecule has 0 radical (unpaired) electrons. The molecule has 2 aromatic rings. The molecule has 0 bridgehead atoms. The van der Waals surface area contributed by atoms with E-state index in [9.17, 15) is 13.2 Å².